The quantitative estimate of drug-likeness (QED) is 0.799. The van der Waals surface area contributed by atoms with Gasteiger partial charge in [-0.25, -0.2) is 9.97 Å². The maximum atomic E-state index is 5.94. The Morgan fingerprint density at radius 3 is 2.84 bits per heavy atom. The molecule has 4 nitrogen and oxygen atoms in total. The monoisotopic (exact) mass is 327 g/mol. The van der Waals surface area contributed by atoms with Crippen molar-refractivity contribution in [2.45, 2.75) is 52.2 Å². The van der Waals surface area contributed by atoms with Crippen molar-refractivity contribution >= 4 is 21.7 Å². The molecule has 1 atom stereocenters. The number of rotatable bonds is 3. The zero-order valence-electron chi connectivity index (χ0n) is 12.1. The van der Waals surface area contributed by atoms with Gasteiger partial charge in [0.25, 0.3) is 0 Å². The van der Waals surface area contributed by atoms with E-state index in [1.54, 1.807) is 0 Å². The molecule has 19 heavy (non-hydrogen) atoms. The summed E-state index contributed by atoms with van der Waals surface area (Å²) in [6, 6.07) is 1.99. The molecule has 1 unspecified atom stereocenters. The van der Waals surface area contributed by atoms with Crippen LogP contribution < -0.4 is 4.90 Å². The molecule has 0 bridgehead atoms. The van der Waals surface area contributed by atoms with E-state index in [4.69, 9.17) is 4.74 Å². The molecule has 0 aromatic carbocycles. The van der Waals surface area contributed by atoms with E-state index in [9.17, 15) is 0 Å². The van der Waals surface area contributed by atoms with Gasteiger partial charge >= 0.3 is 0 Å². The molecule has 1 saturated heterocycles. The molecule has 1 aliphatic heterocycles. The molecular formula is C14H22BrN3O. The van der Waals surface area contributed by atoms with Crippen LogP contribution in [0.5, 0.6) is 0 Å². The van der Waals surface area contributed by atoms with E-state index in [0.717, 1.165) is 42.2 Å². The number of halogens is 1. The second-order valence-corrected chi connectivity index (χ2v) is 6.60. The minimum absolute atomic E-state index is 0.139. The van der Waals surface area contributed by atoms with E-state index < -0.39 is 0 Å². The number of anilines is 1. The minimum atomic E-state index is -0.139. The van der Waals surface area contributed by atoms with Gasteiger partial charge in [-0.05, 0) is 43.1 Å². The molecule has 0 radical (unpaired) electrons. The molecule has 1 fully saturated rings. The van der Waals surface area contributed by atoms with Gasteiger partial charge in [0.05, 0.1) is 11.7 Å². The van der Waals surface area contributed by atoms with Crippen LogP contribution in [0.25, 0.3) is 0 Å². The van der Waals surface area contributed by atoms with Crippen LogP contribution >= 0.6 is 15.9 Å². The summed E-state index contributed by atoms with van der Waals surface area (Å²) in [5, 5.41) is 0. The Kier molecular flexibility index (Phi) is 4.46. The number of ether oxygens (including phenoxy) is 1. The average molecular weight is 328 g/mol. The molecule has 0 N–H and O–H groups in total. The SMILES string of the molecule is CCCc1nc(Br)cc(N2CC(C)OC(C)(C)C2)n1. The zero-order valence-corrected chi connectivity index (χ0v) is 13.7. The van der Waals surface area contributed by atoms with Crippen LogP contribution in [0.3, 0.4) is 0 Å². The Balaban J connectivity index is 2.25. The van der Waals surface area contributed by atoms with Crippen molar-refractivity contribution in [1.82, 2.24) is 9.97 Å². The summed E-state index contributed by atoms with van der Waals surface area (Å²) in [5.41, 5.74) is -0.139. The third kappa shape index (κ3) is 3.89. The highest BCUT2D eigenvalue weighted by Gasteiger charge is 2.32. The standard InChI is InChI=1S/C14H22BrN3O/c1-5-6-12-16-11(15)7-13(17-12)18-8-10(2)19-14(3,4)9-18/h7,10H,5-6,8-9H2,1-4H3. The number of hydrogen-bond donors (Lipinski definition) is 0. The molecule has 1 aromatic rings. The zero-order chi connectivity index (χ0) is 14.0. The first kappa shape index (κ1) is 14.7. The Morgan fingerprint density at radius 1 is 1.47 bits per heavy atom. The van der Waals surface area contributed by atoms with Gasteiger partial charge in [-0.1, -0.05) is 6.92 Å². The summed E-state index contributed by atoms with van der Waals surface area (Å²) < 4.78 is 6.80. The topological polar surface area (TPSA) is 38.2 Å². The highest BCUT2D eigenvalue weighted by molar-refractivity contribution is 9.10. The molecule has 1 aromatic heterocycles. The van der Waals surface area contributed by atoms with Gasteiger partial charge in [0.2, 0.25) is 0 Å². The van der Waals surface area contributed by atoms with Gasteiger partial charge in [-0.2, -0.15) is 0 Å². The van der Waals surface area contributed by atoms with E-state index >= 15 is 0 Å². The van der Waals surface area contributed by atoms with Gasteiger partial charge in [-0.3, -0.25) is 0 Å². The van der Waals surface area contributed by atoms with Crippen LogP contribution in [0.2, 0.25) is 0 Å². The summed E-state index contributed by atoms with van der Waals surface area (Å²) in [4.78, 5) is 11.4. The lowest BCUT2D eigenvalue weighted by Crippen LogP contribution is -2.52. The van der Waals surface area contributed by atoms with Crippen molar-refractivity contribution in [3.05, 3.63) is 16.5 Å². The highest BCUT2D eigenvalue weighted by atomic mass is 79.9. The smallest absolute Gasteiger partial charge is 0.133 e. The lowest BCUT2D eigenvalue weighted by molar-refractivity contribution is -0.0751. The predicted molar refractivity (Wildman–Crippen MR) is 80.6 cm³/mol. The molecule has 2 rings (SSSR count). The third-order valence-electron chi connectivity index (χ3n) is 3.09. The van der Waals surface area contributed by atoms with Gasteiger partial charge in [0.15, 0.2) is 0 Å². The van der Waals surface area contributed by atoms with Crippen LogP contribution in [0, 0.1) is 0 Å². The normalized spacial score (nSPS) is 22.6. The van der Waals surface area contributed by atoms with E-state index in [1.165, 1.54) is 0 Å². The summed E-state index contributed by atoms with van der Waals surface area (Å²) in [6.45, 7) is 10.2. The second kappa shape index (κ2) is 5.75. The van der Waals surface area contributed by atoms with Crippen molar-refractivity contribution in [3.63, 3.8) is 0 Å². The fourth-order valence-corrected chi connectivity index (χ4v) is 2.99. The number of hydrogen-bond acceptors (Lipinski definition) is 4. The minimum Gasteiger partial charge on any atom is -0.369 e. The first-order valence-electron chi connectivity index (χ1n) is 6.86. The molecule has 0 saturated carbocycles. The number of aromatic nitrogens is 2. The summed E-state index contributed by atoms with van der Waals surface area (Å²) in [6.07, 6.45) is 2.18. The van der Waals surface area contributed by atoms with Crippen LogP contribution in [0.1, 0.15) is 39.9 Å². The largest absolute Gasteiger partial charge is 0.369 e. The molecular weight excluding hydrogens is 306 g/mol. The molecule has 2 heterocycles. The highest BCUT2D eigenvalue weighted by Crippen LogP contribution is 2.26. The fraction of sp³-hybridized carbons (Fsp3) is 0.714. The summed E-state index contributed by atoms with van der Waals surface area (Å²) in [7, 11) is 0. The van der Waals surface area contributed by atoms with Crippen LogP contribution in [-0.2, 0) is 11.2 Å². The lowest BCUT2D eigenvalue weighted by atomic mass is 10.1. The number of nitrogens with zero attached hydrogens (tertiary/aromatic N) is 3. The summed E-state index contributed by atoms with van der Waals surface area (Å²) in [5.74, 6) is 1.90. The number of morpholine rings is 1. The van der Waals surface area contributed by atoms with Crippen LogP contribution in [-0.4, -0.2) is 34.8 Å². The van der Waals surface area contributed by atoms with Gasteiger partial charge in [0.1, 0.15) is 16.2 Å². The van der Waals surface area contributed by atoms with E-state index in [0.29, 0.717) is 0 Å². The number of aryl methyl sites for hydroxylation is 1. The fourth-order valence-electron chi connectivity index (χ4n) is 2.58. The van der Waals surface area contributed by atoms with Crippen molar-refractivity contribution in [2.75, 3.05) is 18.0 Å². The van der Waals surface area contributed by atoms with Crippen LogP contribution in [0.15, 0.2) is 10.7 Å². The molecule has 5 heteroatoms. The molecule has 0 spiro atoms. The molecule has 106 valence electrons. The Labute approximate surface area is 123 Å². The van der Waals surface area contributed by atoms with Gasteiger partial charge in [0, 0.05) is 25.6 Å². The molecule has 1 aliphatic rings. The maximum absolute atomic E-state index is 5.94. The van der Waals surface area contributed by atoms with E-state index in [-0.39, 0.29) is 11.7 Å². The van der Waals surface area contributed by atoms with E-state index in [2.05, 4.69) is 58.5 Å². The van der Waals surface area contributed by atoms with Crippen molar-refractivity contribution in [3.8, 4) is 0 Å². The van der Waals surface area contributed by atoms with E-state index in [1.807, 2.05) is 6.07 Å². The molecule has 0 amide bonds. The Hall–Kier alpha value is -0.680. The Bertz CT molecular complexity index is 450. The average Bonchev–Trinajstić information content (AvgIpc) is 2.25. The van der Waals surface area contributed by atoms with Crippen molar-refractivity contribution in [2.24, 2.45) is 0 Å². The van der Waals surface area contributed by atoms with Crippen molar-refractivity contribution < 1.29 is 4.74 Å². The van der Waals surface area contributed by atoms with Crippen molar-refractivity contribution in [1.29, 1.82) is 0 Å². The lowest BCUT2D eigenvalue weighted by Gasteiger charge is -2.42. The third-order valence-corrected chi connectivity index (χ3v) is 3.50. The van der Waals surface area contributed by atoms with Crippen LogP contribution in [0.4, 0.5) is 5.82 Å². The van der Waals surface area contributed by atoms with Gasteiger partial charge in [-0.15, -0.1) is 0 Å². The predicted octanol–water partition coefficient (Wildman–Crippen LogP) is 3.20. The first-order valence-corrected chi connectivity index (χ1v) is 7.65. The molecule has 0 aliphatic carbocycles. The summed E-state index contributed by atoms with van der Waals surface area (Å²) >= 11 is 3.48. The van der Waals surface area contributed by atoms with Gasteiger partial charge < -0.3 is 9.64 Å². The Morgan fingerprint density at radius 2 is 2.21 bits per heavy atom. The second-order valence-electron chi connectivity index (χ2n) is 5.78. The first-order chi connectivity index (χ1) is 8.89. The maximum Gasteiger partial charge on any atom is 0.133 e.